The molecule has 6 heteroatoms. The van der Waals surface area contributed by atoms with Gasteiger partial charge in [0.2, 0.25) is 5.88 Å². The third kappa shape index (κ3) is 4.01. The van der Waals surface area contributed by atoms with Crippen molar-refractivity contribution in [1.82, 2.24) is 19.7 Å². The first-order valence-corrected chi connectivity index (χ1v) is 9.87. The quantitative estimate of drug-likeness (QED) is 0.684. The van der Waals surface area contributed by atoms with Crippen LogP contribution >= 0.6 is 0 Å². The minimum atomic E-state index is 0.0681. The number of ether oxygens (including phenoxy) is 1. The first-order chi connectivity index (χ1) is 13.9. The topological polar surface area (TPSA) is 60.3 Å². The Balaban J connectivity index is 1.54. The third-order valence-electron chi connectivity index (χ3n) is 5.33. The molecule has 0 spiro atoms. The molecule has 6 nitrogen and oxygen atoms in total. The van der Waals surface area contributed by atoms with Crippen LogP contribution < -0.4 is 4.74 Å². The van der Waals surface area contributed by atoms with Crippen molar-refractivity contribution in [2.45, 2.75) is 40.3 Å². The summed E-state index contributed by atoms with van der Waals surface area (Å²) in [6.45, 7) is 7.63. The predicted molar refractivity (Wildman–Crippen MR) is 111 cm³/mol. The number of carbonyl (C=O) groups is 1. The lowest BCUT2D eigenvalue weighted by Crippen LogP contribution is -2.36. The van der Waals surface area contributed by atoms with Gasteiger partial charge in [-0.3, -0.25) is 9.48 Å². The Labute approximate surface area is 171 Å². The number of aryl methyl sites for hydroxylation is 4. The van der Waals surface area contributed by atoms with Gasteiger partial charge >= 0.3 is 0 Å². The van der Waals surface area contributed by atoms with E-state index in [-0.39, 0.29) is 5.91 Å². The second-order valence-electron chi connectivity index (χ2n) is 7.81. The maximum Gasteiger partial charge on any atom is 0.254 e. The van der Waals surface area contributed by atoms with Gasteiger partial charge in [0.05, 0.1) is 0 Å². The maximum absolute atomic E-state index is 13.1. The van der Waals surface area contributed by atoms with E-state index < -0.39 is 0 Å². The van der Waals surface area contributed by atoms with Crippen molar-refractivity contribution in [3.63, 3.8) is 0 Å². The Kier molecular flexibility index (Phi) is 5.09. The van der Waals surface area contributed by atoms with Crippen molar-refractivity contribution in [2.24, 2.45) is 7.05 Å². The molecule has 1 aromatic carbocycles. The van der Waals surface area contributed by atoms with Gasteiger partial charge in [0.1, 0.15) is 12.3 Å². The fourth-order valence-corrected chi connectivity index (χ4v) is 3.97. The summed E-state index contributed by atoms with van der Waals surface area (Å²) in [5, 5.41) is 4.65. The molecular weight excluding hydrogens is 364 g/mol. The molecule has 29 heavy (non-hydrogen) atoms. The minimum absolute atomic E-state index is 0.0681. The minimum Gasteiger partial charge on any atom is -0.471 e. The SMILES string of the molecule is Cc1cc(C)cc(C(=O)N2CCc3c(c(COc4cc(C)ccn4)nn3C)C2)c1. The van der Waals surface area contributed by atoms with Crippen molar-refractivity contribution in [3.8, 4) is 5.88 Å². The summed E-state index contributed by atoms with van der Waals surface area (Å²) in [4.78, 5) is 19.3. The molecule has 3 heterocycles. The molecule has 0 bridgehead atoms. The van der Waals surface area contributed by atoms with E-state index in [0.717, 1.165) is 39.9 Å². The van der Waals surface area contributed by atoms with Crippen LogP contribution in [0.15, 0.2) is 36.5 Å². The summed E-state index contributed by atoms with van der Waals surface area (Å²) < 4.78 is 7.79. The van der Waals surface area contributed by atoms with E-state index in [1.54, 1.807) is 6.20 Å². The van der Waals surface area contributed by atoms with Gasteiger partial charge in [-0.15, -0.1) is 0 Å². The highest BCUT2D eigenvalue weighted by Crippen LogP contribution is 2.25. The molecule has 2 aromatic heterocycles. The number of aromatic nitrogens is 3. The van der Waals surface area contributed by atoms with Crippen LogP contribution in [0, 0.1) is 20.8 Å². The van der Waals surface area contributed by atoms with Crippen LogP contribution in [0.2, 0.25) is 0 Å². The number of nitrogens with zero attached hydrogens (tertiary/aromatic N) is 4. The standard InChI is InChI=1S/C23H26N4O2/c1-15-5-7-24-22(12-15)29-14-20-19-13-27(8-6-21(19)26(4)25-20)23(28)18-10-16(2)9-17(3)11-18/h5,7,9-12H,6,8,13-14H2,1-4H3. The molecule has 0 radical (unpaired) electrons. The fourth-order valence-electron chi connectivity index (χ4n) is 3.97. The number of benzene rings is 1. The maximum atomic E-state index is 13.1. The molecule has 0 unspecified atom stereocenters. The first kappa shape index (κ1) is 19.2. The van der Waals surface area contributed by atoms with Gasteiger partial charge in [-0.05, 0) is 44.5 Å². The van der Waals surface area contributed by atoms with Crippen molar-refractivity contribution in [1.29, 1.82) is 0 Å². The molecule has 0 aliphatic carbocycles. The van der Waals surface area contributed by atoms with E-state index >= 15 is 0 Å². The average Bonchev–Trinajstić information content (AvgIpc) is 3.00. The Morgan fingerprint density at radius 1 is 1.10 bits per heavy atom. The van der Waals surface area contributed by atoms with Crippen molar-refractivity contribution in [3.05, 3.63) is 75.7 Å². The lowest BCUT2D eigenvalue weighted by atomic mass is 10.0. The second kappa shape index (κ2) is 7.70. The molecule has 1 aliphatic heterocycles. The molecule has 1 amide bonds. The molecular formula is C23H26N4O2. The molecule has 0 atom stereocenters. The summed E-state index contributed by atoms with van der Waals surface area (Å²) in [5.74, 6) is 0.655. The van der Waals surface area contributed by atoms with E-state index in [1.807, 2.05) is 61.7 Å². The van der Waals surface area contributed by atoms with Gasteiger partial charge in [0, 0.05) is 55.6 Å². The predicted octanol–water partition coefficient (Wildman–Crippen LogP) is 3.52. The van der Waals surface area contributed by atoms with Gasteiger partial charge in [-0.1, -0.05) is 17.2 Å². The summed E-state index contributed by atoms with van der Waals surface area (Å²) in [6, 6.07) is 9.85. The van der Waals surface area contributed by atoms with Crippen LogP contribution in [0.25, 0.3) is 0 Å². The Morgan fingerprint density at radius 2 is 1.86 bits per heavy atom. The monoisotopic (exact) mass is 390 g/mol. The molecule has 1 aliphatic rings. The molecule has 0 saturated heterocycles. The zero-order valence-electron chi connectivity index (χ0n) is 17.4. The Bertz CT molecular complexity index is 1050. The van der Waals surface area contributed by atoms with Crippen LogP contribution in [-0.4, -0.2) is 32.1 Å². The van der Waals surface area contributed by atoms with Crippen LogP contribution in [-0.2, 0) is 26.6 Å². The van der Waals surface area contributed by atoms with E-state index in [9.17, 15) is 4.79 Å². The summed E-state index contributed by atoms with van der Waals surface area (Å²) in [5.41, 5.74) is 7.18. The fraction of sp³-hybridized carbons (Fsp3) is 0.348. The van der Waals surface area contributed by atoms with Gasteiger partial charge in [0.25, 0.3) is 5.91 Å². The summed E-state index contributed by atoms with van der Waals surface area (Å²) in [7, 11) is 1.95. The first-order valence-electron chi connectivity index (χ1n) is 9.87. The van der Waals surface area contributed by atoms with Crippen molar-refractivity contribution >= 4 is 5.91 Å². The molecule has 3 aromatic rings. The lowest BCUT2D eigenvalue weighted by Gasteiger charge is -2.28. The van der Waals surface area contributed by atoms with E-state index in [4.69, 9.17) is 4.74 Å². The number of fused-ring (bicyclic) bond motifs is 1. The van der Waals surface area contributed by atoms with Gasteiger partial charge in [0.15, 0.2) is 0 Å². The normalized spacial score (nSPS) is 13.3. The molecule has 0 N–H and O–H groups in total. The number of amides is 1. The highest BCUT2D eigenvalue weighted by atomic mass is 16.5. The van der Waals surface area contributed by atoms with Crippen LogP contribution in [0.4, 0.5) is 0 Å². The van der Waals surface area contributed by atoms with E-state index in [2.05, 4.69) is 16.1 Å². The van der Waals surface area contributed by atoms with E-state index in [0.29, 0.717) is 25.6 Å². The highest BCUT2D eigenvalue weighted by molar-refractivity contribution is 5.94. The van der Waals surface area contributed by atoms with Gasteiger partial charge in [-0.2, -0.15) is 5.10 Å². The molecule has 0 fully saturated rings. The van der Waals surface area contributed by atoms with E-state index in [1.165, 1.54) is 5.69 Å². The zero-order valence-corrected chi connectivity index (χ0v) is 17.4. The summed E-state index contributed by atoms with van der Waals surface area (Å²) >= 11 is 0. The van der Waals surface area contributed by atoms with Gasteiger partial charge < -0.3 is 9.64 Å². The van der Waals surface area contributed by atoms with Crippen LogP contribution in [0.5, 0.6) is 5.88 Å². The summed E-state index contributed by atoms with van der Waals surface area (Å²) in [6.07, 6.45) is 2.53. The zero-order chi connectivity index (χ0) is 20.5. The number of rotatable bonds is 4. The Morgan fingerprint density at radius 3 is 2.59 bits per heavy atom. The smallest absolute Gasteiger partial charge is 0.254 e. The van der Waals surface area contributed by atoms with Crippen molar-refractivity contribution < 1.29 is 9.53 Å². The Hall–Kier alpha value is -3.15. The highest BCUT2D eigenvalue weighted by Gasteiger charge is 2.27. The molecule has 4 rings (SSSR count). The van der Waals surface area contributed by atoms with Gasteiger partial charge in [-0.25, -0.2) is 4.98 Å². The number of carbonyl (C=O) groups excluding carboxylic acids is 1. The lowest BCUT2D eigenvalue weighted by molar-refractivity contribution is 0.0732. The molecule has 150 valence electrons. The van der Waals surface area contributed by atoms with Crippen LogP contribution in [0.3, 0.4) is 0 Å². The third-order valence-corrected chi connectivity index (χ3v) is 5.33. The van der Waals surface area contributed by atoms with Crippen molar-refractivity contribution in [2.75, 3.05) is 6.54 Å². The largest absolute Gasteiger partial charge is 0.471 e. The second-order valence-corrected chi connectivity index (χ2v) is 7.81. The number of pyridine rings is 1. The van der Waals surface area contributed by atoms with Crippen LogP contribution in [0.1, 0.15) is 44.0 Å². The molecule has 0 saturated carbocycles. The number of hydrogen-bond donors (Lipinski definition) is 0. The number of hydrogen-bond acceptors (Lipinski definition) is 4. The average molecular weight is 390 g/mol.